The van der Waals surface area contributed by atoms with Gasteiger partial charge in [-0.25, -0.2) is 4.39 Å². The molecule has 0 bridgehead atoms. The number of nitrogens with zero attached hydrogens (tertiary/aromatic N) is 1. The van der Waals surface area contributed by atoms with Gasteiger partial charge in [0.25, 0.3) is 5.91 Å². The lowest BCUT2D eigenvalue weighted by atomic mass is 10.2. The van der Waals surface area contributed by atoms with Crippen LogP contribution < -0.4 is 0 Å². The minimum atomic E-state index is -0.325. The van der Waals surface area contributed by atoms with E-state index in [1.54, 1.807) is 13.3 Å². The number of rotatable bonds is 4. The van der Waals surface area contributed by atoms with Crippen LogP contribution in [0.4, 0.5) is 4.39 Å². The molecule has 0 heterocycles. The van der Waals surface area contributed by atoms with Crippen LogP contribution in [0, 0.1) is 5.82 Å². The molecule has 0 aliphatic heterocycles. The van der Waals surface area contributed by atoms with E-state index >= 15 is 0 Å². The summed E-state index contributed by atoms with van der Waals surface area (Å²) >= 11 is 1.26. The van der Waals surface area contributed by atoms with Crippen molar-refractivity contribution in [2.24, 2.45) is 0 Å². The van der Waals surface area contributed by atoms with Crippen LogP contribution >= 0.6 is 11.8 Å². The van der Waals surface area contributed by atoms with Gasteiger partial charge in [-0.05, 0) is 24.5 Å². The van der Waals surface area contributed by atoms with Crippen molar-refractivity contribution in [3.05, 3.63) is 29.6 Å². The Labute approximate surface area is 98.3 Å². The van der Waals surface area contributed by atoms with Gasteiger partial charge in [-0.15, -0.1) is 11.8 Å². The lowest BCUT2D eigenvalue weighted by Crippen LogP contribution is -2.29. The summed E-state index contributed by atoms with van der Waals surface area (Å²) in [5, 5.41) is 8.72. The largest absolute Gasteiger partial charge is 0.395 e. The fraction of sp³-hybridized carbons (Fsp3) is 0.364. The molecule has 0 aromatic heterocycles. The number of benzene rings is 1. The van der Waals surface area contributed by atoms with Gasteiger partial charge in [-0.1, -0.05) is 0 Å². The number of halogens is 1. The third kappa shape index (κ3) is 2.96. The zero-order valence-corrected chi connectivity index (χ0v) is 10.1. The SMILES string of the molecule is CSc1cc(C(=O)N(C)CCO)ccc1F. The molecule has 1 aromatic rings. The maximum absolute atomic E-state index is 13.2. The number of aliphatic hydroxyl groups is 1. The van der Waals surface area contributed by atoms with Gasteiger partial charge in [-0.2, -0.15) is 0 Å². The monoisotopic (exact) mass is 243 g/mol. The second-order valence-corrected chi connectivity index (χ2v) is 4.15. The van der Waals surface area contributed by atoms with E-state index in [0.717, 1.165) is 0 Å². The second-order valence-electron chi connectivity index (χ2n) is 3.30. The van der Waals surface area contributed by atoms with E-state index in [2.05, 4.69) is 0 Å². The first-order valence-electron chi connectivity index (χ1n) is 4.80. The Hall–Kier alpha value is -1.07. The van der Waals surface area contributed by atoms with Crippen LogP contribution in [0.1, 0.15) is 10.4 Å². The van der Waals surface area contributed by atoms with Gasteiger partial charge in [0.1, 0.15) is 5.82 Å². The van der Waals surface area contributed by atoms with Crippen molar-refractivity contribution in [3.8, 4) is 0 Å². The molecule has 0 fully saturated rings. The topological polar surface area (TPSA) is 40.5 Å². The molecule has 0 aliphatic rings. The normalized spacial score (nSPS) is 10.2. The van der Waals surface area contributed by atoms with Crippen LogP contribution in [-0.4, -0.2) is 42.4 Å². The van der Waals surface area contributed by atoms with Gasteiger partial charge >= 0.3 is 0 Å². The summed E-state index contributed by atoms with van der Waals surface area (Å²) in [5.41, 5.74) is 0.432. The molecular formula is C11H14FNO2S. The maximum atomic E-state index is 13.2. The zero-order chi connectivity index (χ0) is 12.1. The van der Waals surface area contributed by atoms with E-state index in [-0.39, 0.29) is 24.9 Å². The quantitative estimate of drug-likeness (QED) is 0.817. The second kappa shape index (κ2) is 5.86. The molecule has 1 N–H and O–H groups in total. The van der Waals surface area contributed by atoms with Crippen molar-refractivity contribution in [1.29, 1.82) is 0 Å². The van der Waals surface area contributed by atoms with E-state index in [0.29, 0.717) is 10.5 Å². The predicted octanol–water partition coefficient (Wildman–Crippen LogP) is 1.61. The molecule has 0 saturated heterocycles. The van der Waals surface area contributed by atoms with Gasteiger partial charge in [0, 0.05) is 24.1 Å². The summed E-state index contributed by atoms with van der Waals surface area (Å²) < 4.78 is 13.2. The average Bonchev–Trinajstić information content (AvgIpc) is 2.29. The molecule has 5 heteroatoms. The molecule has 0 saturated carbocycles. The summed E-state index contributed by atoms with van der Waals surface area (Å²) in [6.45, 7) is 0.184. The van der Waals surface area contributed by atoms with Crippen LogP contribution in [0.15, 0.2) is 23.1 Å². The molecular weight excluding hydrogens is 229 g/mol. The van der Waals surface area contributed by atoms with Gasteiger partial charge in [0.15, 0.2) is 0 Å². The highest BCUT2D eigenvalue weighted by Crippen LogP contribution is 2.20. The van der Waals surface area contributed by atoms with E-state index in [4.69, 9.17) is 5.11 Å². The molecule has 0 unspecified atom stereocenters. The van der Waals surface area contributed by atoms with Crippen LogP contribution in [0.5, 0.6) is 0 Å². The lowest BCUT2D eigenvalue weighted by Gasteiger charge is -2.16. The van der Waals surface area contributed by atoms with Crippen LogP contribution in [0.2, 0.25) is 0 Å². The Kier molecular flexibility index (Phi) is 4.76. The van der Waals surface area contributed by atoms with Crippen molar-refractivity contribution in [2.75, 3.05) is 26.5 Å². The molecule has 0 spiro atoms. The van der Waals surface area contributed by atoms with E-state index in [1.807, 2.05) is 0 Å². The number of carbonyl (C=O) groups excluding carboxylic acids is 1. The zero-order valence-electron chi connectivity index (χ0n) is 9.24. The third-order valence-corrected chi connectivity index (χ3v) is 2.93. The van der Waals surface area contributed by atoms with Gasteiger partial charge in [0.2, 0.25) is 0 Å². The predicted molar refractivity (Wildman–Crippen MR) is 62.2 cm³/mol. The molecule has 0 aliphatic carbocycles. The molecule has 1 aromatic carbocycles. The van der Waals surface area contributed by atoms with Gasteiger partial charge < -0.3 is 10.0 Å². The number of amides is 1. The number of hydrogen-bond donors (Lipinski definition) is 1. The summed E-state index contributed by atoms with van der Waals surface area (Å²) in [4.78, 5) is 13.6. The lowest BCUT2D eigenvalue weighted by molar-refractivity contribution is 0.0766. The van der Waals surface area contributed by atoms with Crippen LogP contribution in [0.25, 0.3) is 0 Å². The standard InChI is InChI=1S/C11H14FNO2S/c1-13(5-6-14)11(15)8-3-4-9(12)10(7-8)16-2/h3-4,7,14H,5-6H2,1-2H3. The number of thioether (sulfide) groups is 1. The maximum Gasteiger partial charge on any atom is 0.253 e. The molecule has 88 valence electrons. The first kappa shape index (κ1) is 13.0. The van der Waals surface area contributed by atoms with Crippen molar-refractivity contribution in [1.82, 2.24) is 4.90 Å². The fourth-order valence-corrected chi connectivity index (χ4v) is 1.77. The van der Waals surface area contributed by atoms with E-state index in [1.165, 1.54) is 34.9 Å². The molecule has 1 rings (SSSR count). The Morgan fingerprint density at radius 2 is 2.25 bits per heavy atom. The fourth-order valence-electron chi connectivity index (χ4n) is 1.26. The Bertz CT molecular complexity index is 384. The number of carbonyl (C=O) groups is 1. The molecule has 0 radical (unpaired) electrons. The van der Waals surface area contributed by atoms with E-state index < -0.39 is 0 Å². The Balaban J connectivity index is 2.92. The first-order chi connectivity index (χ1) is 7.60. The summed E-state index contributed by atoms with van der Waals surface area (Å²) in [7, 11) is 1.60. The van der Waals surface area contributed by atoms with Crippen molar-refractivity contribution in [3.63, 3.8) is 0 Å². The highest BCUT2D eigenvalue weighted by Gasteiger charge is 2.13. The Morgan fingerprint density at radius 1 is 1.56 bits per heavy atom. The smallest absolute Gasteiger partial charge is 0.253 e. The van der Waals surface area contributed by atoms with Crippen LogP contribution in [0.3, 0.4) is 0 Å². The van der Waals surface area contributed by atoms with Crippen molar-refractivity contribution >= 4 is 17.7 Å². The average molecular weight is 243 g/mol. The highest BCUT2D eigenvalue weighted by atomic mass is 32.2. The number of aliphatic hydroxyl groups excluding tert-OH is 1. The Morgan fingerprint density at radius 3 is 2.81 bits per heavy atom. The molecule has 0 atom stereocenters. The van der Waals surface area contributed by atoms with Gasteiger partial charge in [-0.3, -0.25) is 4.79 Å². The third-order valence-electron chi connectivity index (χ3n) is 2.18. The van der Waals surface area contributed by atoms with E-state index in [9.17, 15) is 9.18 Å². The van der Waals surface area contributed by atoms with Crippen molar-refractivity contribution in [2.45, 2.75) is 4.90 Å². The minimum Gasteiger partial charge on any atom is -0.395 e. The first-order valence-corrected chi connectivity index (χ1v) is 6.02. The summed E-state index contributed by atoms with van der Waals surface area (Å²) in [6.07, 6.45) is 1.75. The molecule has 1 amide bonds. The minimum absolute atomic E-state index is 0.0845. The molecule has 16 heavy (non-hydrogen) atoms. The van der Waals surface area contributed by atoms with Gasteiger partial charge in [0.05, 0.1) is 6.61 Å². The summed E-state index contributed by atoms with van der Waals surface area (Å²) in [6, 6.07) is 4.26. The highest BCUT2D eigenvalue weighted by molar-refractivity contribution is 7.98. The molecule has 3 nitrogen and oxygen atoms in total. The summed E-state index contributed by atoms with van der Waals surface area (Å²) in [5.74, 6) is -0.543. The number of hydrogen-bond acceptors (Lipinski definition) is 3. The van der Waals surface area contributed by atoms with Crippen LogP contribution in [-0.2, 0) is 0 Å². The van der Waals surface area contributed by atoms with Crippen molar-refractivity contribution < 1.29 is 14.3 Å². The number of likely N-dealkylation sites (N-methyl/N-ethyl adjacent to an activating group) is 1.